The Morgan fingerprint density at radius 2 is 2.00 bits per heavy atom. The van der Waals surface area contributed by atoms with Crippen LogP contribution in [-0.2, 0) is 4.79 Å². The van der Waals surface area contributed by atoms with E-state index in [1.807, 2.05) is 54.4 Å². The van der Waals surface area contributed by atoms with Crippen molar-refractivity contribution in [1.82, 2.24) is 10.7 Å². The van der Waals surface area contributed by atoms with E-state index in [2.05, 4.69) is 16.8 Å². The van der Waals surface area contributed by atoms with Gasteiger partial charge in [0, 0.05) is 10.6 Å². The molecular weight excluding hydrogens is 469 g/mol. The summed E-state index contributed by atoms with van der Waals surface area (Å²) in [6.07, 6.45) is 8.17. The molecule has 2 N–H and O–H groups in total. The van der Waals surface area contributed by atoms with Crippen LogP contribution in [0.15, 0.2) is 88.4 Å². The molecule has 2 atom stereocenters. The van der Waals surface area contributed by atoms with Gasteiger partial charge in [0.15, 0.2) is 0 Å². The summed E-state index contributed by atoms with van der Waals surface area (Å²) < 4.78 is 5.27. The van der Waals surface area contributed by atoms with Crippen molar-refractivity contribution in [3.05, 3.63) is 105 Å². The summed E-state index contributed by atoms with van der Waals surface area (Å²) in [6, 6.07) is 16.7. The molecule has 3 aromatic rings. The summed E-state index contributed by atoms with van der Waals surface area (Å²) in [4.78, 5) is 13.5. The lowest BCUT2D eigenvalue weighted by Gasteiger charge is -2.27. The molecule has 5 nitrogen and oxygen atoms in total. The van der Waals surface area contributed by atoms with Gasteiger partial charge in [0.2, 0.25) is 5.91 Å². The van der Waals surface area contributed by atoms with Crippen LogP contribution in [0.3, 0.4) is 0 Å². The number of nitrogens with one attached hydrogen (secondary N) is 2. The van der Waals surface area contributed by atoms with Crippen molar-refractivity contribution >= 4 is 40.9 Å². The van der Waals surface area contributed by atoms with Gasteiger partial charge in [0.1, 0.15) is 6.04 Å². The molecule has 5 rings (SSSR count). The standard InChI is InChI=1S/C27H25Cl2N3O2/c1-17(19-6-3-2-4-7-19)30-27(33)25-22-9-5-8-20(14-18-12-13-34-16-18)26(22)32(31-25)24-11-10-21(28)15-23(24)29/h2-4,6-7,10-17,25,31H,5,8-9H2,1H3,(H,30,33)/b20-14+/t17-,25?/m1/s1. The Hall–Kier alpha value is -2.99. The summed E-state index contributed by atoms with van der Waals surface area (Å²) in [6.45, 7) is 2.00. The zero-order valence-corrected chi connectivity index (χ0v) is 20.2. The van der Waals surface area contributed by atoms with Crippen molar-refractivity contribution in [3.8, 4) is 0 Å². The fraction of sp³-hybridized carbons (Fsp3) is 0.222. The highest BCUT2D eigenvalue weighted by atomic mass is 35.5. The minimum atomic E-state index is -0.499. The second-order valence-corrected chi connectivity index (χ2v) is 9.43. The Kier molecular flexibility index (Phi) is 6.50. The molecule has 0 bridgehead atoms. The van der Waals surface area contributed by atoms with E-state index in [0.717, 1.165) is 52.9 Å². The number of nitrogens with zero attached hydrogens (tertiary/aromatic N) is 1. The maximum Gasteiger partial charge on any atom is 0.243 e. The quantitative estimate of drug-likeness (QED) is 0.416. The van der Waals surface area contributed by atoms with E-state index in [0.29, 0.717) is 10.0 Å². The predicted molar refractivity (Wildman–Crippen MR) is 136 cm³/mol. The lowest BCUT2D eigenvalue weighted by Crippen LogP contribution is -2.47. The molecule has 7 heteroatoms. The van der Waals surface area contributed by atoms with Crippen LogP contribution < -0.4 is 15.8 Å². The molecule has 174 valence electrons. The summed E-state index contributed by atoms with van der Waals surface area (Å²) >= 11 is 12.8. The van der Waals surface area contributed by atoms with Crippen LogP contribution in [0.1, 0.15) is 43.4 Å². The van der Waals surface area contributed by atoms with E-state index in [9.17, 15) is 4.79 Å². The molecule has 2 aliphatic rings. The van der Waals surface area contributed by atoms with E-state index in [1.54, 1.807) is 24.7 Å². The Morgan fingerprint density at radius 3 is 2.74 bits per heavy atom. The summed E-state index contributed by atoms with van der Waals surface area (Å²) in [5.41, 5.74) is 9.41. The Morgan fingerprint density at radius 1 is 1.18 bits per heavy atom. The second kappa shape index (κ2) is 9.71. The number of hydrogen-bond acceptors (Lipinski definition) is 4. The third-order valence-corrected chi connectivity index (χ3v) is 6.82. The van der Waals surface area contributed by atoms with Crippen LogP contribution in [0.5, 0.6) is 0 Å². The Balaban J connectivity index is 1.52. The van der Waals surface area contributed by atoms with Crippen LogP contribution >= 0.6 is 23.2 Å². The third kappa shape index (κ3) is 4.51. The number of rotatable bonds is 5. The van der Waals surface area contributed by atoms with E-state index in [1.165, 1.54) is 0 Å². The van der Waals surface area contributed by atoms with E-state index >= 15 is 0 Å². The van der Waals surface area contributed by atoms with E-state index in [-0.39, 0.29) is 11.9 Å². The molecule has 1 aliphatic heterocycles. The lowest BCUT2D eigenvalue weighted by molar-refractivity contribution is -0.122. The molecule has 1 aromatic heterocycles. The number of halogens is 2. The van der Waals surface area contributed by atoms with Crippen LogP contribution in [0.4, 0.5) is 5.69 Å². The molecule has 0 fully saturated rings. The smallest absolute Gasteiger partial charge is 0.243 e. The predicted octanol–water partition coefficient (Wildman–Crippen LogP) is 6.68. The highest BCUT2D eigenvalue weighted by Gasteiger charge is 2.40. The molecule has 1 aliphatic carbocycles. The molecule has 2 aromatic carbocycles. The first-order valence-electron chi connectivity index (χ1n) is 11.3. The van der Waals surface area contributed by atoms with Crippen molar-refractivity contribution in [2.75, 3.05) is 5.01 Å². The van der Waals surface area contributed by atoms with Crippen LogP contribution in [0.2, 0.25) is 10.0 Å². The third-order valence-electron chi connectivity index (χ3n) is 6.29. The van der Waals surface area contributed by atoms with Gasteiger partial charge in [0.05, 0.1) is 35.0 Å². The molecule has 1 amide bonds. The molecule has 0 spiro atoms. The van der Waals surface area contributed by atoms with Crippen LogP contribution in [-0.4, -0.2) is 11.9 Å². The number of allylic oxidation sites excluding steroid dienone is 1. The molecule has 34 heavy (non-hydrogen) atoms. The van der Waals surface area contributed by atoms with Gasteiger partial charge in [-0.15, -0.1) is 0 Å². The number of carbonyl (C=O) groups is 1. The van der Waals surface area contributed by atoms with Gasteiger partial charge in [-0.2, -0.15) is 0 Å². The molecule has 0 saturated heterocycles. The normalized spacial score (nSPS) is 19.9. The topological polar surface area (TPSA) is 57.5 Å². The van der Waals surface area contributed by atoms with Gasteiger partial charge >= 0.3 is 0 Å². The Labute approximate surface area is 209 Å². The molecular formula is C27H25Cl2N3O2. The first-order chi connectivity index (χ1) is 16.5. The maximum absolute atomic E-state index is 13.5. The van der Waals surface area contributed by atoms with Gasteiger partial charge in [-0.3, -0.25) is 9.80 Å². The number of furan rings is 1. The number of carbonyl (C=O) groups excluding carboxylic acids is 1. The molecule has 2 heterocycles. The number of amides is 1. The van der Waals surface area contributed by atoms with E-state index < -0.39 is 6.04 Å². The Bertz CT molecular complexity index is 1250. The van der Waals surface area contributed by atoms with Gasteiger partial charge in [-0.05, 0) is 73.2 Å². The SMILES string of the molecule is C[C@@H](NC(=O)C1NN(c2ccc(Cl)cc2Cl)C2=C1CCC/C2=C\c1ccoc1)c1ccccc1. The average molecular weight is 494 g/mol. The van der Waals surface area contributed by atoms with Crippen LogP contribution in [0.25, 0.3) is 6.08 Å². The van der Waals surface area contributed by atoms with Crippen molar-refractivity contribution in [2.45, 2.75) is 38.3 Å². The average Bonchev–Trinajstić information content (AvgIpc) is 3.48. The van der Waals surface area contributed by atoms with Crippen molar-refractivity contribution in [3.63, 3.8) is 0 Å². The molecule has 0 saturated carbocycles. The van der Waals surface area contributed by atoms with Gasteiger partial charge in [-0.25, -0.2) is 5.43 Å². The lowest BCUT2D eigenvalue weighted by atomic mass is 9.87. The largest absolute Gasteiger partial charge is 0.472 e. The number of anilines is 1. The zero-order chi connectivity index (χ0) is 23.7. The zero-order valence-electron chi connectivity index (χ0n) is 18.7. The minimum absolute atomic E-state index is 0.0685. The van der Waals surface area contributed by atoms with Crippen molar-refractivity contribution in [1.29, 1.82) is 0 Å². The van der Waals surface area contributed by atoms with Gasteiger partial charge < -0.3 is 9.73 Å². The summed E-state index contributed by atoms with van der Waals surface area (Å²) in [5.74, 6) is -0.0685. The summed E-state index contributed by atoms with van der Waals surface area (Å²) in [7, 11) is 0. The van der Waals surface area contributed by atoms with Crippen molar-refractivity contribution in [2.24, 2.45) is 0 Å². The fourth-order valence-electron chi connectivity index (χ4n) is 4.64. The molecule has 1 unspecified atom stereocenters. The minimum Gasteiger partial charge on any atom is -0.472 e. The fourth-order valence-corrected chi connectivity index (χ4v) is 5.14. The number of benzene rings is 2. The highest BCUT2D eigenvalue weighted by molar-refractivity contribution is 6.36. The number of hydrogen-bond donors (Lipinski definition) is 2. The monoisotopic (exact) mass is 493 g/mol. The van der Waals surface area contributed by atoms with Gasteiger partial charge in [-0.1, -0.05) is 53.5 Å². The molecule has 0 radical (unpaired) electrons. The van der Waals surface area contributed by atoms with Crippen LogP contribution in [0, 0.1) is 0 Å². The number of hydrazine groups is 1. The first kappa shape index (κ1) is 22.8. The van der Waals surface area contributed by atoms with Crippen molar-refractivity contribution < 1.29 is 9.21 Å². The van der Waals surface area contributed by atoms with Gasteiger partial charge in [0.25, 0.3) is 0 Å². The van der Waals surface area contributed by atoms with E-state index in [4.69, 9.17) is 27.6 Å². The summed E-state index contributed by atoms with van der Waals surface area (Å²) in [5, 5.41) is 6.19. The second-order valence-electron chi connectivity index (χ2n) is 8.59. The maximum atomic E-state index is 13.5. The first-order valence-corrected chi connectivity index (χ1v) is 12.1. The highest BCUT2D eigenvalue weighted by Crippen LogP contribution is 2.42.